The molecule has 1 rings (SSSR count). The standard InChI is InChI=1S/C12H15NO2/c1-4-9-15-12(14)13(3)11-7-5-10(2)6-8-11/h4-9H,1-3H3/b9-4+. The van der Waals surface area contributed by atoms with Gasteiger partial charge in [-0.1, -0.05) is 23.8 Å². The van der Waals surface area contributed by atoms with Crippen molar-refractivity contribution in [2.45, 2.75) is 13.8 Å². The first-order chi connectivity index (χ1) is 7.15. The average Bonchev–Trinajstić information content (AvgIpc) is 2.26. The van der Waals surface area contributed by atoms with Crippen molar-refractivity contribution in [2.24, 2.45) is 0 Å². The smallest absolute Gasteiger partial charge is 0.418 e. The van der Waals surface area contributed by atoms with Crippen molar-refractivity contribution in [3.63, 3.8) is 0 Å². The van der Waals surface area contributed by atoms with E-state index in [1.807, 2.05) is 31.2 Å². The minimum absolute atomic E-state index is 0.392. The molecule has 0 spiro atoms. The molecule has 3 heteroatoms. The molecule has 0 heterocycles. The van der Waals surface area contributed by atoms with E-state index < -0.39 is 6.09 Å². The number of benzene rings is 1. The third-order valence-corrected chi connectivity index (χ3v) is 2.00. The molecule has 0 radical (unpaired) electrons. The summed E-state index contributed by atoms with van der Waals surface area (Å²) in [4.78, 5) is 12.9. The summed E-state index contributed by atoms with van der Waals surface area (Å²) >= 11 is 0. The summed E-state index contributed by atoms with van der Waals surface area (Å²) in [6.45, 7) is 3.79. The van der Waals surface area contributed by atoms with Gasteiger partial charge in [-0.3, -0.25) is 4.90 Å². The van der Waals surface area contributed by atoms with Crippen LogP contribution in [0.1, 0.15) is 12.5 Å². The molecule has 80 valence electrons. The third-order valence-electron chi connectivity index (χ3n) is 2.00. The Kier molecular flexibility index (Phi) is 3.92. The van der Waals surface area contributed by atoms with Crippen molar-refractivity contribution < 1.29 is 9.53 Å². The molecule has 0 saturated carbocycles. The predicted octanol–water partition coefficient (Wildman–Crippen LogP) is 3.10. The fraction of sp³-hybridized carbons (Fsp3) is 0.250. The second-order valence-electron chi connectivity index (χ2n) is 3.25. The number of amides is 1. The topological polar surface area (TPSA) is 29.5 Å². The summed E-state index contributed by atoms with van der Waals surface area (Å²) in [7, 11) is 1.68. The normalized spacial score (nSPS) is 10.3. The zero-order valence-corrected chi connectivity index (χ0v) is 9.23. The zero-order chi connectivity index (χ0) is 11.3. The van der Waals surface area contributed by atoms with E-state index in [2.05, 4.69) is 0 Å². The first kappa shape index (κ1) is 11.3. The van der Waals surface area contributed by atoms with E-state index in [1.165, 1.54) is 11.2 Å². The lowest BCUT2D eigenvalue weighted by atomic mass is 10.2. The number of carbonyl (C=O) groups excluding carboxylic acids is 1. The van der Waals surface area contributed by atoms with Crippen molar-refractivity contribution in [1.29, 1.82) is 0 Å². The van der Waals surface area contributed by atoms with Crippen molar-refractivity contribution in [3.05, 3.63) is 42.2 Å². The van der Waals surface area contributed by atoms with E-state index in [0.717, 1.165) is 11.3 Å². The van der Waals surface area contributed by atoms with Crippen LogP contribution in [-0.4, -0.2) is 13.1 Å². The number of aryl methyl sites for hydroxylation is 1. The molecular formula is C12H15NO2. The molecule has 3 nitrogen and oxygen atoms in total. The minimum Gasteiger partial charge on any atom is -0.418 e. The third kappa shape index (κ3) is 3.13. The Labute approximate surface area is 90.0 Å². The lowest BCUT2D eigenvalue weighted by molar-refractivity contribution is 0.194. The van der Waals surface area contributed by atoms with E-state index in [4.69, 9.17) is 4.74 Å². The largest absolute Gasteiger partial charge is 0.418 e. The van der Waals surface area contributed by atoms with Crippen molar-refractivity contribution in [1.82, 2.24) is 0 Å². The Balaban J connectivity index is 2.71. The fourth-order valence-corrected chi connectivity index (χ4v) is 1.08. The molecule has 0 aliphatic rings. The second-order valence-corrected chi connectivity index (χ2v) is 3.25. The second kappa shape index (κ2) is 5.20. The first-order valence-electron chi connectivity index (χ1n) is 4.77. The Hall–Kier alpha value is -1.77. The van der Waals surface area contributed by atoms with Gasteiger partial charge in [0.15, 0.2) is 0 Å². The quantitative estimate of drug-likeness (QED) is 0.694. The van der Waals surface area contributed by atoms with E-state index in [-0.39, 0.29) is 0 Å². The van der Waals surface area contributed by atoms with Crippen LogP contribution in [0.15, 0.2) is 36.6 Å². The average molecular weight is 205 g/mol. The summed E-state index contributed by atoms with van der Waals surface area (Å²) in [6.07, 6.45) is 2.64. The Morgan fingerprint density at radius 1 is 1.33 bits per heavy atom. The highest BCUT2D eigenvalue weighted by atomic mass is 16.5. The van der Waals surface area contributed by atoms with Crippen LogP contribution in [0, 0.1) is 6.92 Å². The van der Waals surface area contributed by atoms with Gasteiger partial charge < -0.3 is 4.74 Å². The first-order valence-corrected chi connectivity index (χ1v) is 4.77. The number of hydrogen-bond donors (Lipinski definition) is 0. The van der Waals surface area contributed by atoms with E-state index >= 15 is 0 Å². The number of hydrogen-bond acceptors (Lipinski definition) is 2. The Bertz CT molecular complexity index is 354. The molecule has 1 aromatic carbocycles. The highest BCUT2D eigenvalue weighted by molar-refractivity contribution is 5.87. The SMILES string of the molecule is C/C=C/OC(=O)N(C)c1ccc(C)cc1. The number of anilines is 1. The number of rotatable bonds is 2. The number of carbonyl (C=O) groups is 1. The van der Waals surface area contributed by atoms with Crippen LogP contribution in [0.4, 0.5) is 10.5 Å². The predicted molar refractivity (Wildman–Crippen MR) is 60.9 cm³/mol. The van der Waals surface area contributed by atoms with E-state index in [9.17, 15) is 4.79 Å². The monoisotopic (exact) mass is 205 g/mol. The Morgan fingerprint density at radius 3 is 2.47 bits per heavy atom. The van der Waals surface area contributed by atoms with Gasteiger partial charge in [-0.15, -0.1) is 0 Å². The van der Waals surface area contributed by atoms with Gasteiger partial charge in [0.1, 0.15) is 0 Å². The molecule has 0 aliphatic heterocycles. The summed E-state index contributed by atoms with van der Waals surface area (Å²) in [6, 6.07) is 7.67. The summed E-state index contributed by atoms with van der Waals surface area (Å²) in [5.74, 6) is 0. The molecule has 0 fully saturated rings. The number of allylic oxidation sites excluding steroid dienone is 1. The van der Waals surface area contributed by atoms with Crippen LogP contribution in [0.3, 0.4) is 0 Å². The maximum atomic E-state index is 11.4. The van der Waals surface area contributed by atoms with Crippen molar-refractivity contribution in [3.8, 4) is 0 Å². The van der Waals surface area contributed by atoms with Crippen molar-refractivity contribution >= 4 is 11.8 Å². The maximum absolute atomic E-state index is 11.4. The summed E-state index contributed by atoms with van der Waals surface area (Å²) in [5, 5.41) is 0. The van der Waals surface area contributed by atoms with Gasteiger partial charge in [0, 0.05) is 12.7 Å². The van der Waals surface area contributed by atoms with Crippen molar-refractivity contribution in [2.75, 3.05) is 11.9 Å². The maximum Gasteiger partial charge on any atom is 0.418 e. The lowest BCUT2D eigenvalue weighted by Crippen LogP contribution is -2.25. The van der Waals surface area contributed by atoms with Crippen LogP contribution in [-0.2, 0) is 4.74 Å². The van der Waals surface area contributed by atoms with Crippen LogP contribution >= 0.6 is 0 Å². The molecular weight excluding hydrogens is 190 g/mol. The van der Waals surface area contributed by atoms with Gasteiger partial charge in [-0.2, -0.15) is 0 Å². The van der Waals surface area contributed by atoms with Gasteiger partial charge in [0.2, 0.25) is 0 Å². The zero-order valence-electron chi connectivity index (χ0n) is 9.23. The highest BCUT2D eigenvalue weighted by Crippen LogP contribution is 2.14. The fourth-order valence-electron chi connectivity index (χ4n) is 1.08. The number of nitrogens with zero attached hydrogens (tertiary/aromatic N) is 1. The molecule has 0 aromatic heterocycles. The molecule has 0 bridgehead atoms. The van der Waals surface area contributed by atoms with Gasteiger partial charge >= 0.3 is 6.09 Å². The molecule has 0 aliphatic carbocycles. The van der Waals surface area contributed by atoms with Gasteiger partial charge in [-0.25, -0.2) is 4.79 Å². The molecule has 15 heavy (non-hydrogen) atoms. The summed E-state index contributed by atoms with van der Waals surface area (Å²) < 4.78 is 4.84. The van der Waals surface area contributed by atoms with Crippen LogP contribution < -0.4 is 4.90 Å². The van der Waals surface area contributed by atoms with E-state index in [0.29, 0.717) is 0 Å². The van der Waals surface area contributed by atoms with Gasteiger partial charge in [0.25, 0.3) is 0 Å². The minimum atomic E-state index is -0.392. The van der Waals surface area contributed by atoms with E-state index in [1.54, 1.807) is 20.0 Å². The van der Waals surface area contributed by atoms with Gasteiger partial charge in [0.05, 0.1) is 6.26 Å². The molecule has 0 atom stereocenters. The van der Waals surface area contributed by atoms with Crippen LogP contribution in [0.5, 0.6) is 0 Å². The van der Waals surface area contributed by atoms with Gasteiger partial charge in [-0.05, 0) is 26.0 Å². The van der Waals surface area contributed by atoms with Crippen LogP contribution in [0.25, 0.3) is 0 Å². The Morgan fingerprint density at radius 2 is 1.93 bits per heavy atom. The molecule has 1 amide bonds. The summed E-state index contributed by atoms with van der Waals surface area (Å²) in [5.41, 5.74) is 1.98. The molecule has 0 N–H and O–H groups in total. The molecule has 0 saturated heterocycles. The molecule has 0 unspecified atom stereocenters. The number of ether oxygens (including phenoxy) is 1. The lowest BCUT2D eigenvalue weighted by Gasteiger charge is -2.15. The highest BCUT2D eigenvalue weighted by Gasteiger charge is 2.10. The molecule has 1 aromatic rings. The van der Waals surface area contributed by atoms with Crippen LogP contribution in [0.2, 0.25) is 0 Å².